The van der Waals surface area contributed by atoms with Crippen LogP contribution in [0.2, 0.25) is 0 Å². The van der Waals surface area contributed by atoms with Crippen molar-refractivity contribution in [3.8, 4) is 0 Å². The van der Waals surface area contributed by atoms with Gasteiger partial charge in [0.05, 0.1) is 5.54 Å². The van der Waals surface area contributed by atoms with E-state index in [2.05, 4.69) is 17.0 Å². The Labute approximate surface area is 51.0 Å². The minimum atomic E-state index is -0.00521. The van der Waals surface area contributed by atoms with Gasteiger partial charge in [0.15, 0.2) is 0 Å². The second-order valence-corrected chi connectivity index (χ2v) is 2.50. The number of hydrogen-bond acceptors (Lipinski definition) is 2. The molecule has 0 aliphatic heterocycles. The minimum absolute atomic E-state index is 0.00521. The smallest absolute Gasteiger partial charge is 0.0668 e. The van der Waals surface area contributed by atoms with E-state index < -0.39 is 0 Å². The molecule has 0 aromatic rings. The van der Waals surface area contributed by atoms with Crippen LogP contribution in [0.15, 0.2) is 4.99 Å². The number of nitrogens with one attached hydrogen (secondary N) is 1. The quantitative estimate of drug-likeness (QED) is 0.536. The molecule has 0 saturated carbocycles. The Morgan fingerprint density at radius 1 is 1.62 bits per heavy atom. The van der Waals surface area contributed by atoms with Crippen LogP contribution in [0, 0.1) is 0 Å². The normalized spacial score (nSPS) is 11.4. The summed E-state index contributed by atoms with van der Waals surface area (Å²) in [6.07, 6.45) is 0. The zero-order valence-electron chi connectivity index (χ0n) is 5.86. The van der Waals surface area contributed by atoms with Crippen molar-refractivity contribution in [3.63, 3.8) is 0 Å². The van der Waals surface area contributed by atoms with Gasteiger partial charge >= 0.3 is 0 Å². The average molecular weight is 114 g/mol. The molecule has 0 aliphatic carbocycles. The molecule has 0 amide bonds. The molecule has 1 N–H and O–H groups in total. The van der Waals surface area contributed by atoms with Gasteiger partial charge in [0.25, 0.3) is 0 Å². The van der Waals surface area contributed by atoms with Crippen molar-refractivity contribution in [3.05, 3.63) is 0 Å². The molecule has 0 unspecified atom stereocenters. The van der Waals surface area contributed by atoms with Crippen LogP contribution in [0.5, 0.6) is 0 Å². The largest absolute Gasteiger partial charge is 0.317 e. The molecular weight excluding hydrogens is 100 g/mol. The van der Waals surface area contributed by atoms with Gasteiger partial charge in [-0.2, -0.15) is 0 Å². The lowest BCUT2D eigenvalue weighted by atomic mass is 10.1. The summed E-state index contributed by atoms with van der Waals surface area (Å²) in [5.41, 5.74) is -0.00521. The summed E-state index contributed by atoms with van der Waals surface area (Å²) in [7, 11) is 1.91. The van der Waals surface area contributed by atoms with Crippen LogP contribution >= 0.6 is 0 Å². The fraction of sp³-hybridized carbons (Fsp3) is 0.833. The van der Waals surface area contributed by atoms with Crippen LogP contribution in [0.1, 0.15) is 13.8 Å². The average Bonchev–Trinajstić information content (AvgIpc) is 1.67. The molecule has 0 aliphatic rings. The van der Waals surface area contributed by atoms with Crippen molar-refractivity contribution in [1.82, 2.24) is 5.32 Å². The van der Waals surface area contributed by atoms with Crippen LogP contribution in [0.25, 0.3) is 0 Å². The molecule has 0 aromatic carbocycles. The molecular formula is C6H14N2. The Hall–Kier alpha value is -0.370. The van der Waals surface area contributed by atoms with Crippen LogP contribution in [0.4, 0.5) is 0 Å². The Morgan fingerprint density at radius 2 is 2.12 bits per heavy atom. The molecule has 0 heterocycles. The number of nitrogens with zero attached hydrogens (tertiary/aromatic N) is 1. The van der Waals surface area contributed by atoms with Gasteiger partial charge in [-0.25, -0.2) is 0 Å². The standard InChI is InChI=1S/C6H14N2/c1-6(2,8-4)5-7-3/h7H,4-5H2,1-3H3. The van der Waals surface area contributed by atoms with Gasteiger partial charge in [-0.05, 0) is 27.6 Å². The molecule has 0 saturated heterocycles. The van der Waals surface area contributed by atoms with Gasteiger partial charge < -0.3 is 5.32 Å². The Bertz CT molecular complexity index is 76.6. The van der Waals surface area contributed by atoms with Crippen LogP contribution in [-0.4, -0.2) is 25.8 Å². The van der Waals surface area contributed by atoms with Gasteiger partial charge in [0.1, 0.15) is 0 Å². The number of likely N-dealkylation sites (N-methyl/N-ethyl adjacent to an activating group) is 1. The van der Waals surface area contributed by atoms with Gasteiger partial charge in [0, 0.05) is 6.54 Å². The van der Waals surface area contributed by atoms with E-state index in [0.29, 0.717) is 0 Å². The summed E-state index contributed by atoms with van der Waals surface area (Å²) in [6, 6.07) is 0. The first-order chi connectivity index (χ1) is 3.62. The zero-order valence-corrected chi connectivity index (χ0v) is 5.86. The summed E-state index contributed by atoms with van der Waals surface area (Å²) >= 11 is 0. The van der Waals surface area contributed by atoms with Crippen molar-refractivity contribution < 1.29 is 0 Å². The first-order valence-corrected chi connectivity index (χ1v) is 2.75. The first kappa shape index (κ1) is 7.63. The number of aliphatic imine (C=N–C) groups is 1. The number of hydrogen-bond donors (Lipinski definition) is 1. The molecule has 0 fully saturated rings. The molecule has 0 atom stereocenters. The summed E-state index contributed by atoms with van der Waals surface area (Å²) in [4.78, 5) is 3.90. The molecule has 2 nitrogen and oxygen atoms in total. The fourth-order valence-electron chi connectivity index (χ4n) is 0.489. The van der Waals surface area contributed by atoms with Crippen LogP contribution < -0.4 is 5.32 Å². The van der Waals surface area contributed by atoms with Crippen molar-refractivity contribution in [2.24, 2.45) is 4.99 Å². The van der Waals surface area contributed by atoms with E-state index in [-0.39, 0.29) is 5.54 Å². The van der Waals surface area contributed by atoms with E-state index in [1.165, 1.54) is 0 Å². The second kappa shape index (κ2) is 2.82. The van der Waals surface area contributed by atoms with Crippen molar-refractivity contribution in [2.45, 2.75) is 19.4 Å². The van der Waals surface area contributed by atoms with Gasteiger partial charge in [-0.1, -0.05) is 0 Å². The third kappa shape index (κ3) is 2.75. The monoisotopic (exact) mass is 114 g/mol. The maximum Gasteiger partial charge on any atom is 0.0668 e. The van der Waals surface area contributed by atoms with Crippen molar-refractivity contribution >= 4 is 6.72 Å². The molecule has 0 bridgehead atoms. The van der Waals surface area contributed by atoms with Crippen LogP contribution in [-0.2, 0) is 0 Å². The number of rotatable bonds is 3. The molecule has 8 heavy (non-hydrogen) atoms. The summed E-state index contributed by atoms with van der Waals surface area (Å²) in [5.74, 6) is 0. The third-order valence-electron chi connectivity index (χ3n) is 1.04. The lowest BCUT2D eigenvalue weighted by Crippen LogP contribution is -2.30. The SMILES string of the molecule is C=NC(C)(C)CNC. The van der Waals surface area contributed by atoms with E-state index in [4.69, 9.17) is 0 Å². The van der Waals surface area contributed by atoms with E-state index >= 15 is 0 Å². The Balaban J connectivity index is 3.53. The Kier molecular flexibility index (Phi) is 2.69. The highest BCUT2D eigenvalue weighted by Crippen LogP contribution is 2.03. The van der Waals surface area contributed by atoms with Crippen LogP contribution in [0.3, 0.4) is 0 Å². The third-order valence-corrected chi connectivity index (χ3v) is 1.04. The van der Waals surface area contributed by atoms with E-state index in [1.807, 2.05) is 20.9 Å². The van der Waals surface area contributed by atoms with Crippen molar-refractivity contribution in [2.75, 3.05) is 13.6 Å². The highest BCUT2D eigenvalue weighted by atomic mass is 14.9. The topological polar surface area (TPSA) is 24.4 Å². The molecule has 0 rings (SSSR count). The molecule has 0 radical (unpaired) electrons. The van der Waals surface area contributed by atoms with E-state index in [1.54, 1.807) is 0 Å². The predicted molar refractivity (Wildman–Crippen MR) is 37.6 cm³/mol. The maximum absolute atomic E-state index is 3.90. The fourth-order valence-corrected chi connectivity index (χ4v) is 0.489. The molecule has 2 heteroatoms. The van der Waals surface area contributed by atoms with Crippen molar-refractivity contribution in [1.29, 1.82) is 0 Å². The first-order valence-electron chi connectivity index (χ1n) is 2.75. The molecule has 48 valence electrons. The van der Waals surface area contributed by atoms with Gasteiger partial charge in [-0.3, -0.25) is 4.99 Å². The highest BCUT2D eigenvalue weighted by molar-refractivity contribution is 5.25. The second-order valence-electron chi connectivity index (χ2n) is 2.50. The van der Waals surface area contributed by atoms with E-state index in [9.17, 15) is 0 Å². The summed E-state index contributed by atoms with van der Waals surface area (Å²) in [6.45, 7) is 8.42. The van der Waals surface area contributed by atoms with E-state index in [0.717, 1.165) is 6.54 Å². The molecule has 0 spiro atoms. The maximum atomic E-state index is 3.90. The lowest BCUT2D eigenvalue weighted by Gasteiger charge is -2.16. The van der Waals surface area contributed by atoms with Gasteiger partial charge in [-0.15, -0.1) is 0 Å². The molecule has 0 aromatic heterocycles. The predicted octanol–water partition coefficient (Wildman–Crippen LogP) is 0.685. The lowest BCUT2D eigenvalue weighted by molar-refractivity contribution is 0.497. The highest BCUT2D eigenvalue weighted by Gasteiger charge is 2.10. The van der Waals surface area contributed by atoms with Gasteiger partial charge in [0.2, 0.25) is 0 Å². The zero-order chi connectivity index (χ0) is 6.62. The minimum Gasteiger partial charge on any atom is -0.317 e. The summed E-state index contributed by atoms with van der Waals surface area (Å²) in [5, 5.41) is 3.03. The Morgan fingerprint density at radius 3 is 2.25 bits per heavy atom. The summed E-state index contributed by atoms with van der Waals surface area (Å²) < 4.78 is 0.